The molecular formula is C7H13ClN4. The third-order valence-corrected chi connectivity index (χ3v) is 2.27. The van der Waals surface area contributed by atoms with Crippen molar-refractivity contribution in [1.82, 2.24) is 20.2 Å². The molecule has 0 aromatic carbocycles. The van der Waals surface area contributed by atoms with E-state index in [2.05, 4.69) is 22.3 Å². The topological polar surface area (TPSA) is 43.6 Å². The number of aryl methyl sites for hydroxylation is 1. The van der Waals surface area contributed by atoms with E-state index in [1.165, 1.54) is 4.80 Å². The van der Waals surface area contributed by atoms with Crippen molar-refractivity contribution in [2.24, 2.45) is 13.0 Å². The molecule has 0 aliphatic carbocycles. The number of alkyl halides is 1. The first-order chi connectivity index (χ1) is 5.59. The maximum absolute atomic E-state index is 5.90. The summed E-state index contributed by atoms with van der Waals surface area (Å²) in [6.07, 6.45) is 0.790. The van der Waals surface area contributed by atoms with Gasteiger partial charge in [-0.05, 0) is 18.1 Å². The number of tetrazole rings is 1. The van der Waals surface area contributed by atoms with Gasteiger partial charge < -0.3 is 0 Å². The first kappa shape index (κ1) is 9.45. The van der Waals surface area contributed by atoms with Crippen molar-refractivity contribution in [3.63, 3.8) is 0 Å². The lowest BCUT2D eigenvalue weighted by molar-refractivity contribution is 0.547. The fourth-order valence-electron chi connectivity index (χ4n) is 0.855. The largest absolute Gasteiger partial charge is 0.175 e. The van der Waals surface area contributed by atoms with E-state index in [9.17, 15) is 0 Å². The standard InChI is InChI=1S/C7H13ClN4/c1-5(6(2)8)4-7-9-11-12(3)10-7/h5-6H,4H2,1-3H3. The molecule has 1 heterocycles. The monoisotopic (exact) mass is 188 g/mol. The van der Waals surface area contributed by atoms with Crippen molar-refractivity contribution < 1.29 is 0 Å². The fourth-order valence-corrected chi connectivity index (χ4v) is 0.945. The van der Waals surface area contributed by atoms with Crippen LogP contribution in [0, 0.1) is 5.92 Å². The maximum atomic E-state index is 5.90. The van der Waals surface area contributed by atoms with E-state index < -0.39 is 0 Å². The smallest absolute Gasteiger partial charge is 0.167 e. The number of halogens is 1. The number of aromatic nitrogens is 4. The molecule has 0 amide bonds. The van der Waals surface area contributed by atoms with Gasteiger partial charge in [0.2, 0.25) is 0 Å². The maximum Gasteiger partial charge on any atom is 0.175 e. The molecule has 0 aliphatic rings. The predicted molar refractivity (Wildman–Crippen MR) is 47.0 cm³/mol. The van der Waals surface area contributed by atoms with Crippen LogP contribution in [0.2, 0.25) is 0 Å². The van der Waals surface area contributed by atoms with Crippen LogP contribution in [0.15, 0.2) is 0 Å². The summed E-state index contributed by atoms with van der Waals surface area (Å²) in [5.74, 6) is 1.15. The lowest BCUT2D eigenvalue weighted by Crippen LogP contribution is -2.11. The van der Waals surface area contributed by atoms with Gasteiger partial charge in [0.1, 0.15) is 0 Å². The number of nitrogens with zero attached hydrogens (tertiary/aromatic N) is 4. The number of hydrogen-bond donors (Lipinski definition) is 0. The van der Waals surface area contributed by atoms with Crippen molar-refractivity contribution in [2.75, 3.05) is 0 Å². The van der Waals surface area contributed by atoms with Gasteiger partial charge in [0, 0.05) is 11.8 Å². The van der Waals surface area contributed by atoms with Crippen LogP contribution in [-0.4, -0.2) is 25.6 Å². The van der Waals surface area contributed by atoms with Crippen LogP contribution in [0.4, 0.5) is 0 Å². The molecule has 0 spiro atoms. The Labute approximate surface area is 76.9 Å². The van der Waals surface area contributed by atoms with E-state index >= 15 is 0 Å². The first-order valence-electron chi connectivity index (χ1n) is 3.96. The molecule has 2 unspecified atom stereocenters. The highest BCUT2D eigenvalue weighted by Gasteiger charge is 2.12. The van der Waals surface area contributed by atoms with Crippen molar-refractivity contribution in [3.05, 3.63) is 5.82 Å². The summed E-state index contributed by atoms with van der Waals surface area (Å²) in [4.78, 5) is 1.46. The molecule has 68 valence electrons. The molecule has 1 aromatic rings. The number of hydrogen-bond acceptors (Lipinski definition) is 3. The third kappa shape index (κ3) is 2.44. The van der Waals surface area contributed by atoms with Gasteiger partial charge in [0.25, 0.3) is 0 Å². The lowest BCUT2D eigenvalue weighted by atomic mass is 10.0. The molecule has 4 nitrogen and oxygen atoms in total. The zero-order valence-electron chi connectivity index (χ0n) is 7.53. The van der Waals surface area contributed by atoms with Gasteiger partial charge in [-0.15, -0.1) is 21.8 Å². The summed E-state index contributed by atoms with van der Waals surface area (Å²) in [5, 5.41) is 11.8. The Morgan fingerprint density at radius 2 is 2.17 bits per heavy atom. The minimum atomic E-state index is 0.147. The average Bonchev–Trinajstić information content (AvgIpc) is 2.35. The Morgan fingerprint density at radius 1 is 1.50 bits per heavy atom. The molecule has 0 N–H and O–H groups in total. The highest BCUT2D eigenvalue weighted by Crippen LogP contribution is 2.12. The Balaban J connectivity index is 2.52. The normalized spacial score (nSPS) is 16.0. The van der Waals surface area contributed by atoms with Crippen LogP contribution in [0.1, 0.15) is 19.7 Å². The Kier molecular flexibility index (Phi) is 3.03. The Bertz CT molecular complexity index is 245. The van der Waals surface area contributed by atoms with Crippen molar-refractivity contribution in [2.45, 2.75) is 25.6 Å². The van der Waals surface area contributed by atoms with E-state index in [-0.39, 0.29) is 5.38 Å². The SMILES string of the molecule is CC(Cl)C(C)Cc1nnn(C)n1. The van der Waals surface area contributed by atoms with Crippen molar-refractivity contribution >= 4 is 11.6 Å². The van der Waals surface area contributed by atoms with Crippen LogP contribution in [0.3, 0.4) is 0 Å². The predicted octanol–water partition coefficient (Wildman–Crippen LogP) is 1.02. The zero-order valence-corrected chi connectivity index (χ0v) is 8.28. The van der Waals surface area contributed by atoms with Gasteiger partial charge >= 0.3 is 0 Å². The van der Waals surface area contributed by atoms with Gasteiger partial charge in [0.05, 0.1) is 7.05 Å². The van der Waals surface area contributed by atoms with E-state index in [0.717, 1.165) is 12.2 Å². The second kappa shape index (κ2) is 3.85. The summed E-state index contributed by atoms with van der Waals surface area (Å²) in [6.45, 7) is 4.05. The minimum Gasteiger partial charge on any atom is -0.167 e. The van der Waals surface area contributed by atoms with Gasteiger partial charge in [-0.1, -0.05) is 6.92 Å². The molecule has 12 heavy (non-hydrogen) atoms. The Hall–Kier alpha value is -0.640. The van der Waals surface area contributed by atoms with Crippen LogP contribution in [-0.2, 0) is 13.5 Å². The zero-order chi connectivity index (χ0) is 9.14. The Morgan fingerprint density at radius 3 is 2.58 bits per heavy atom. The second-order valence-corrected chi connectivity index (χ2v) is 3.74. The second-order valence-electron chi connectivity index (χ2n) is 3.05. The minimum absolute atomic E-state index is 0.147. The molecule has 2 atom stereocenters. The van der Waals surface area contributed by atoms with Crippen LogP contribution in [0.5, 0.6) is 0 Å². The molecule has 0 saturated carbocycles. The molecule has 0 fully saturated rings. The van der Waals surface area contributed by atoms with Crippen molar-refractivity contribution in [1.29, 1.82) is 0 Å². The van der Waals surface area contributed by atoms with Gasteiger partial charge in [-0.3, -0.25) is 0 Å². The molecule has 1 rings (SSSR count). The third-order valence-electron chi connectivity index (χ3n) is 1.84. The molecule has 5 heteroatoms. The van der Waals surface area contributed by atoms with E-state index in [1.807, 2.05) is 6.92 Å². The van der Waals surface area contributed by atoms with Gasteiger partial charge in [-0.2, -0.15) is 4.80 Å². The van der Waals surface area contributed by atoms with Gasteiger partial charge in [0.15, 0.2) is 5.82 Å². The van der Waals surface area contributed by atoms with Gasteiger partial charge in [-0.25, -0.2) is 0 Å². The summed E-state index contributed by atoms with van der Waals surface area (Å²) in [7, 11) is 1.76. The van der Waals surface area contributed by atoms with E-state index in [0.29, 0.717) is 5.92 Å². The molecular weight excluding hydrogens is 176 g/mol. The molecule has 0 radical (unpaired) electrons. The van der Waals surface area contributed by atoms with E-state index in [4.69, 9.17) is 11.6 Å². The molecule has 1 aromatic heterocycles. The first-order valence-corrected chi connectivity index (χ1v) is 4.40. The summed E-state index contributed by atoms with van der Waals surface area (Å²) < 4.78 is 0. The van der Waals surface area contributed by atoms with Crippen molar-refractivity contribution in [3.8, 4) is 0 Å². The molecule has 0 saturated heterocycles. The highest BCUT2D eigenvalue weighted by atomic mass is 35.5. The average molecular weight is 189 g/mol. The van der Waals surface area contributed by atoms with Crippen LogP contribution in [0.25, 0.3) is 0 Å². The van der Waals surface area contributed by atoms with Crippen LogP contribution >= 0.6 is 11.6 Å². The van der Waals surface area contributed by atoms with E-state index in [1.54, 1.807) is 7.05 Å². The quantitative estimate of drug-likeness (QED) is 0.666. The lowest BCUT2D eigenvalue weighted by Gasteiger charge is -2.09. The van der Waals surface area contributed by atoms with Crippen LogP contribution < -0.4 is 0 Å². The number of rotatable bonds is 3. The highest BCUT2D eigenvalue weighted by molar-refractivity contribution is 6.20. The summed E-state index contributed by atoms with van der Waals surface area (Å²) in [6, 6.07) is 0. The summed E-state index contributed by atoms with van der Waals surface area (Å²) >= 11 is 5.90. The molecule has 0 bridgehead atoms. The molecule has 0 aliphatic heterocycles. The fraction of sp³-hybridized carbons (Fsp3) is 0.857. The summed E-state index contributed by atoms with van der Waals surface area (Å²) in [5.41, 5.74) is 0.